The Morgan fingerprint density at radius 3 is 2.04 bits per heavy atom. The van der Waals surface area contributed by atoms with Gasteiger partial charge in [0, 0.05) is 44.9 Å². The summed E-state index contributed by atoms with van der Waals surface area (Å²) in [5.74, 6) is 0. The molecule has 1 aromatic heterocycles. The lowest BCUT2D eigenvalue weighted by molar-refractivity contribution is -0.00000926. The van der Waals surface area contributed by atoms with Crippen LogP contribution in [-0.2, 0) is 6.54 Å². The maximum absolute atomic E-state index is 10.4. The van der Waals surface area contributed by atoms with E-state index in [1.807, 2.05) is 48.3 Å². The zero-order valence-corrected chi connectivity index (χ0v) is 16.1. The summed E-state index contributed by atoms with van der Waals surface area (Å²) in [4.78, 5) is 1.91. The fourth-order valence-electron chi connectivity index (χ4n) is 3.14. The van der Waals surface area contributed by atoms with Gasteiger partial charge in [0.05, 0.1) is 19.3 Å². The van der Waals surface area contributed by atoms with Gasteiger partial charge in [-0.3, -0.25) is 0 Å². The first-order valence-electron chi connectivity index (χ1n) is 7.84. The number of benzene rings is 2. The van der Waals surface area contributed by atoms with Crippen LogP contribution in [0.15, 0.2) is 36.4 Å². The van der Waals surface area contributed by atoms with Crippen LogP contribution >= 0.6 is 23.2 Å². The molecule has 4 nitrogen and oxygen atoms in total. The predicted molar refractivity (Wildman–Crippen MR) is 100 cm³/mol. The van der Waals surface area contributed by atoms with E-state index < -0.39 is 6.10 Å². The molecule has 2 aromatic carbocycles. The SMILES string of the molecule is CN(CCO)CC(O)Cn1c2ccc(Cl)cc2c2cc(Cl)ccc21.[Cl-]. The van der Waals surface area contributed by atoms with E-state index in [0.29, 0.717) is 29.7 Å². The Morgan fingerprint density at radius 1 is 1.04 bits per heavy atom. The number of aromatic nitrogens is 1. The van der Waals surface area contributed by atoms with Crippen molar-refractivity contribution in [1.29, 1.82) is 0 Å². The molecule has 3 rings (SSSR count). The summed E-state index contributed by atoms with van der Waals surface area (Å²) in [7, 11) is 1.88. The van der Waals surface area contributed by atoms with Crippen LogP contribution in [0.25, 0.3) is 21.8 Å². The summed E-state index contributed by atoms with van der Waals surface area (Å²) >= 11 is 12.3. The van der Waals surface area contributed by atoms with Gasteiger partial charge in [-0.2, -0.15) is 0 Å². The third-order valence-electron chi connectivity index (χ3n) is 4.19. The number of aliphatic hydroxyl groups excluding tert-OH is 2. The highest BCUT2D eigenvalue weighted by atomic mass is 35.5. The van der Waals surface area contributed by atoms with Gasteiger partial charge in [0.15, 0.2) is 0 Å². The molecular weight excluding hydrogens is 383 g/mol. The van der Waals surface area contributed by atoms with E-state index in [4.69, 9.17) is 28.3 Å². The van der Waals surface area contributed by atoms with Crippen molar-refractivity contribution < 1.29 is 22.6 Å². The smallest absolute Gasteiger partial charge is 0.0845 e. The monoisotopic (exact) mass is 401 g/mol. The number of likely N-dealkylation sites (N-methyl/N-ethyl adjacent to an activating group) is 1. The summed E-state index contributed by atoms with van der Waals surface area (Å²) < 4.78 is 2.09. The molecule has 0 bridgehead atoms. The van der Waals surface area contributed by atoms with Crippen molar-refractivity contribution in [3.63, 3.8) is 0 Å². The number of hydrogen-bond acceptors (Lipinski definition) is 3. The average Bonchev–Trinajstić information content (AvgIpc) is 2.80. The number of fused-ring (bicyclic) bond motifs is 3. The lowest BCUT2D eigenvalue weighted by Gasteiger charge is -2.20. The number of halogens is 3. The largest absolute Gasteiger partial charge is 1.00 e. The van der Waals surface area contributed by atoms with Crippen molar-refractivity contribution in [1.82, 2.24) is 9.47 Å². The molecule has 25 heavy (non-hydrogen) atoms. The molecule has 136 valence electrons. The van der Waals surface area contributed by atoms with Gasteiger partial charge in [-0.1, -0.05) is 23.2 Å². The molecule has 3 aromatic rings. The Labute approximate surface area is 163 Å². The molecule has 0 aliphatic carbocycles. The van der Waals surface area contributed by atoms with E-state index in [0.717, 1.165) is 21.8 Å². The summed E-state index contributed by atoms with van der Waals surface area (Å²) in [5, 5.41) is 22.8. The van der Waals surface area contributed by atoms with E-state index >= 15 is 0 Å². The molecule has 1 heterocycles. The van der Waals surface area contributed by atoms with E-state index in [1.54, 1.807) is 0 Å². The van der Waals surface area contributed by atoms with Crippen LogP contribution in [0.4, 0.5) is 0 Å². The zero-order chi connectivity index (χ0) is 17.3. The molecule has 2 N–H and O–H groups in total. The van der Waals surface area contributed by atoms with Crippen molar-refractivity contribution in [3.8, 4) is 0 Å². The summed E-state index contributed by atoms with van der Waals surface area (Å²) in [5.41, 5.74) is 2.03. The summed E-state index contributed by atoms with van der Waals surface area (Å²) in [6.07, 6.45) is -0.549. The van der Waals surface area contributed by atoms with Crippen molar-refractivity contribution in [2.45, 2.75) is 12.6 Å². The number of aliphatic hydroxyl groups is 2. The van der Waals surface area contributed by atoms with Gasteiger partial charge < -0.3 is 32.1 Å². The predicted octanol–water partition coefficient (Wildman–Crippen LogP) is 0.390. The second-order valence-electron chi connectivity index (χ2n) is 6.07. The fraction of sp³-hybridized carbons (Fsp3) is 0.333. The lowest BCUT2D eigenvalue weighted by atomic mass is 10.1. The maximum atomic E-state index is 10.4. The van der Waals surface area contributed by atoms with Gasteiger partial charge in [0.2, 0.25) is 0 Å². The van der Waals surface area contributed by atoms with Crippen molar-refractivity contribution in [2.75, 3.05) is 26.7 Å². The normalized spacial score (nSPS) is 12.7. The summed E-state index contributed by atoms with van der Waals surface area (Å²) in [6.45, 7) is 1.56. The molecule has 0 saturated heterocycles. The van der Waals surface area contributed by atoms with Gasteiger partial charge in [-0.25, -0.2) is 0 Å². The third kappa shape index (κ3) is 4.40. The van der Waals surface area contributed by atoms with Crippen LogP contribution in [0.2, 0.25) is 10.0 Å². The molecule has 0 fully saturated rings. The van der Waals surface area contributed by atoms with Gasteiger partial charge in [-0.15, -0.1) is 0 Å². The van der Waals surface area contributed by atoms with Crippen LogP contribution in [0.5, 0.6) is 0 Å². The highest BCUT2D eigenvalue weighted by molar-refractivity contribution is 6.33. The maximum Gasteiger partial charge on any atom is 0.0845 e. The van der Waals surface area contributed by atoms with Crippen LogP contribution in [-0.4, -0.2) is 52.5 Å². The Balaban J connectivity index is 0.00000225. The van der Waals surface area contributed by atoms with E-state index in [1.165, 1.54) is 0 Å². The molecule has 0 aliphatic heterocycles. The van der Waals surface area contributed by atoms with Crippen molar-refractivity contribution in [2.24, 2.45) is 0 Å². The van der Waals surface area contributed by atoms with Gasteiger partial charge in [0.1, 0.15) is 0 Å². The highest BCUT2D eigenvalue weighted by Crippen LogP contribution is 2.33. The number of rotatable bonds is 6. The molecule has 0 saturated carbocycles. The van der Waals surface area contributed by atoms with Crippen LogP contribution in [0.1, 0.15) is 0 Å². The van der Waals surface area contributed by atoms with Crippen molar-refractivity contribution >= 4 is 45.0 Å². The second-order valence-corrected chi connectivity index (χ2v) is 6.95. The molecule has 1 atom stereocenters. The van der Waals surface area contributed by atoms with Crippen LogP contribution in [0, 0.1) is 0 Å². The average molecular weight is 403 g/mol. The number of hydrogen-bond donors (Lipinski definition) is 2. The Hall–Kier alpha value is -1.01. The Morgan fingerprint density at radius 2 is 1.56 bits per heavy atom. The minimum Gasteiger partial charge on any atom is -1.00 e. The first-order valence-corrected chi connectivity index (χ1v) is 8.59. The number of nitrogens with zero attached hydrogens (tertiary/aromatic N) is 2. The minimum atomic E-state index is -0.549. The summed E-state index contributed by atoms with van der Waals surface area (Å²) in [6, 6.07) is 11.5. The molecule has 0 radical (unpaired) electrons. The first kappa shape index (κ1) is 20.3. The minimum absolute atomic E-state index is 0. The topological polar surface area (TPSA) is 48.6 Å². The van der Waals surface area contributed by atoms with E-state index in [9.17, 15) is 5.11 Å². The fourth-order valence-corrected chi connectivity index (χ4v) is 3.48. The van der Waals surface area contributed by atoms with Crippen LogP contribution < -0.4 is 12.4 Å². The Kier molecular flexibility index (Phi) is 6.97. The van der Waals surface area contributed by atoms with Gasteiger partial charge in [-0.05, 0) is 43.4 Å². The van der Waals surface area contributed by atoms with Crippen LogP contribution in [0.3, 0.4) is 0 Å². The van der Waals surface area contributed by atoms with Crippen molar-refractivity contribution in [3.05, 3.63) is 46.4 Å². The molecule has 0 aliphatic rings. The van der Waals surface area contributed by atoms with E-state index in [2.05, 4.69) is 4.57 Å². The quantitative estimate of drug-likeness (QED) is 0.627. The molecular formula is C18H20Cl3N2O2-. The third-order valence-corrected chi connectivity index (χ3v) is 4.66. The lowest BCUT2D eigenvalue weighted by Crippen LogP contribution is -3.00. The van der Waals surface area contributed by atoms with Gasteiger partial charge in [0.25, 0.3) is 0 Å². The second kappa shape index (κ2) is 8.58. The molecule has 0 spiro atoms. The first-order chi connectivity index (χ1) is 11.5. The molecule has 1 unspecified atom stereocenters. The zero-order valence-electron chi connectivity index (χ0n) is 13.8. The van der Waals surface area contributed by atoms with E-state index in [-0.39, 0.29) is 19.0 Å². The Bertz CT molecular complexity index is 807. The molecule has 7 heteroatoms. The standard InChI is InChI=1S/C18H20Cl2N2O2.ClH/c1-21(6-7-23)10-14(24)11-22-17-4-2-12(19)8-15(17)16-9-13(20)3-5-18(16)22;/h2-5,8-9,14,23-24H,6-7,10-11H2,1H3;1H/p-1. The molecule has 0 amide bonds. The van der Waals surface area contributed by atoms with Gasteiger partial charge >= 0.3 is 0 Å². The highest BCUT2D eigenvalue weighted by Gasteiger charge is 2.15.